The van der Waals surface area contributed by atoms with Gasteiger partial charge in [-0.15, -0.1) is 0 Å². The Morgan fingerprint density at radius 3 is 2.67 bits per heavy atom. The maximum absolute atomic E-state index is 10.6. The molecule has 0 saturated heterocycles. The van der Waals surface area contributed by atoms with Crippen molar-refractivity contribution in [2.75, 3.05) is 0 Å². The smallest absolute Gasteiger partial charge is 0.344 e. The van der Waals surface area contributed by atoms with Crippen molar-refractivity contribution >= 4 is 11.9 Å². The van der Waals surface area contributed by atoms with Crippen LogP contribution in [0, 0.1) is 0 Å². The van der Waals surface area contributed by atoms with Crippen molar-refractivity contribution < 1.29 is 19.4 Å². The molecule has 1 aliphatic rings. The van der Waals surface area contributed by atoms with E-state index in [-0.39, 0.29) is 0 Å². The summed E-state index contributed by atoms with van der Waals surface area (Å²) >= 11 is 0. The van der Waals surface area contributed by atoms with E-state index >= 15 is 0 Å². The van der Waals surface area contributed by atoms with Gasteiger partial charge in [-0.2, -0.15) is 0 Å². The Bertz CT molecular complexity index is 246. The normalized spacial score (nSPS) is 22.3. The summed E-state index contributed by atoms with van der Waals surface area (Å²) in [6.07, 6.45) is 0.953. The Balaban J connectivity index is 2.59. The minimum absolute atomic E-state index is 0.296. The maximum atomic E-state index is 10.6. The van der Waals surface area contributed by atoms with E-state index in [2.05, 4.69) is 0 Å². The number of hydrogen-bond donors (Lipinski definition) is 2. The molecule has 5 nitrogen and oxygen atoms in total. The second-order valence-corrected chi connectivity index (χ2v) is 2.51. The van der Waals surface area contributed by atoms with Crippen LogP contribution >= 0.6 is 0 Å². The third-order valence-corrected chi connectivity index (χ3v) is 1.64. The number of carboxylic acids is 1. The molecule has 3 N–H and O–H groups in total. The van der Waals surface area contributed by atoms with Gasteiger partial charge in [0.15, 0.2) is 6.10 Å². The van der Waals surface area contributed by atoms with Crippen molar-refractivity contribution in [3.8, 4) is 0 Å². The van der Waals surface area contributed by atoms with Crippen molar-refractivity contribution in [2.45, 2.75) is 18.9 Å². The second-order valence-electron chi connectivity index (χ2n) is 2.51. The molecule has 1 atom stereocenters. The van der Waals surface area contributed by atoms with Gasteiger partial charge < -0.3 is 15.6 Å². The standard InChI is InChI=1S/C7H9NO4/c8-6(9)4-1-2-5(7(10)11)12-3-4/h3,5H,1-2H2,(H2,8,9)(H,10,11). The van der Waals surface area contributed by atoms with Gasteiger partial charge in [-0.05, 0) is 12.8 Å². The van der Waals surface area contributed by atoms with Crippen LogP contribution in [0.25, 0.3) is 0 Å². The lowest BCUT2D eigenvalue weighted by Crippen LogP contribution is -2.27. The molecule has 0 bridgehead atoms. The highest BCUT2D eigenvalue weighted by Gasteiger charge is 2.23. The fraction of sp³-hybridized carbons (Fsp3) is 0.429. The van der Waals surface area contributed by atoms with Crippen LogP contribution in [0.2, 0.25) is 0 Å². The van der Waals surface area contributed by atoms with Crippen LogP contribution in [-0.2, 0) is 14.3 Å². The van der Waals surface area contributed by atoms with E-state index in [1.807, 2.05) is 0 Å². The quantitative estimate of drug-likeness (QED) is 0.592. The predicted octanol–water partition coefficient (Wildman–Crippen LogP) is -0.381. The van der Waals surface area contributed by atoms with Crippen molar-refractivity contribution in [2.24, 2.45) is 5.73 Å². The summed E-state index contributed by atoms with van der Waals surface area (Å²) < 4.78 is 4.75. The van der Waals surface area contributed by atoms with Gasteiger partial charge in [0.25, 0.3) is 0 Å². The van der Waals surface area contributed by atoms with Gasteiger partial charge in [-0.3, -0.25) is 4.79 Å². The number of hydrogen-bond acceptors (Lipinski definition) is 3. The first-order valence-corrected chi connectivity index (χ1v) is 3.48. The zero-order valence-electron chi connectivity index (χ0n) is 6.32. The van der Waals surface area contributed by atoms with E-state index in [4.69, 9.17) is 15.6 Å². The molecule has 1 rings (SSSR count). The number of carbonyl (C=O) groups excluding carboxylic acids is 1. The largest absolute Gasteiger partial charge is 0.486 e. The molecule has 1 aliphatic heterocycles. The number of rotatable bonds is 2. The van der Waals surface area contributed by atoms with Crippen molar-refractivity contribution in [3.63, 3.8) is 0 Å². The second kappa shape index (κ2) is 3.25. The molecule has 0 aliphatic carbocycles. The third kappa shape index (κ3) is 1.75. The first-order chi connectivity index (χ1) is 5.61. The van der Waals surface area contributed by atoms with E-state index in [1.54, 1.807) is 0 Å². The Kier molecular flexibility index (Phi) is 2.32. The van der Waals surface area contributed by atoms with Gasteiger partial charge in [0.2, 0.25) is 5.91 Å². The van der Waals surface area contributed by atoms with Crippen LogP contribution in [0.3, 0.4) is 0 Å². The van der Waals surface area contributed by atoms with Gasteiger partial charge in [-0.1, -0.05) is 0 Å². The highest BCUT2D eigenvalue weighted by molar-refractivity contribution is 5.92. The van der Waals surface area contributed by atoms with Crippen LogP contribution in [-0.4, -0.2) is 23.1 Å². The van der Waals surface area contributed by atoms with Gasteiger partial charge in [0.1, 0.15) is 0 Å². The molecule has 5 heteroatoms. The lowest BCUT2D eigenvalue weighted by Gasteiger charge is -2.17. The molecule has 0 spiro atoms. The monoisotopic (exact) mass is 171 g/mol. The van der Waals surface area contributed by atoms with Gasteiger partial charge in [0.05, 0.1) is 11.8 Å². The molecule has 0 aromatic carbocycles. The Hall–Kier alpha value is -1.52. The summed E-state index contributed by atoms with van der Waals surface area (Å²) in [5.74, 6) is -1.58. The SMILES string of the molecule is NC(=O)C1=COC(C(=O)O)CC1. The summed E-state index contributed by atoms with van der Waals surface area (Å²) in [6.45, 7) is 0. The molecule has 66 valence electrons. The Morgan fingerprint density at radius 1 is 1.67 bits per heavy atom. The number of aliphatic carboxylic acids is 1. The molecule has 1 heterocycles. The summed E-state index contributed by atoms with van der Waals surface area (Å²) in [5, 5.41) is 8.49. The van der Waals surface area contributed by atoms with Gasteiger partial charge in [-0.25, -0.2) is 4.79 Å². The summed E-state index contributed by atoms with van der Waals surface area (Å²) in [4.78, 5) is 20.9. The van der Waals surface area contributed by atoms with E-state index < -0.39 is 18.0 Å². The Labute approximate surface area is 68.8 Å². The maximum Gasteiger partial charge on any atom is 0.344 e. The summed E-state index contributed by atoms with van der Waals surface area (Å²) in [7, 11) is 0. The average Bonchev–Trinajstić information content (AvgIpc) is 2.04. The number of carbonyl (C=O) groups is 2. The minimum atomic E-state index is -1.02. The van der Waals surface area contributed by atoms with Gasteiger partial charge in [0, 0.05) is 0 Å². The number of primary amides is 1. The van der Waals surface area contributed by atoms with E-state index in [0.29, 0.717) is 18.4 Å². The van der Waals surface area contributed by atoms with E-state index in [1.165, 1.54) is 0 Å². The molecule has 1 amide bonds. The molecule has 1 unspecified atom stereocenters. The lowest BCUT2D eigenvalue weighted by molar-refractivity contribution is -0.148. The summed E-state index contributed by atoms with van der Waals surface area (Å²) in [6, 6.07) is 0. The molecule has 0 fully saturated rings. The van der Waals surface area contributed by atoms with Crippen molar-refractivity contribution in [3.05, 3.63) is 11.8 Å². The first kappa shape index (κ1) is 8.58. The molecule has 0 aromatic heterocycles. The molecular weight excluding hydrogens is 162 g/mol. The third-order valence-electron chi connectivity index (χ3n) is 1.64. The first-order valence-electron chi connectivity index (χ1n) is 3.48. The number of ether oxygens (including phenoxy) is 1. The molecular formula is C7H9NO4. The van der Waals surface area contributed by atoms with E-state index in [0.717, 1.165) is 6.26 Å². The Morgan fingerprint density at radius 2 is 2.33 bits per heavy atom. The van der Waals surface area contributed by atoms with Crippen LogP contribution in [0.15, 0.2) is 11.8 Å². The van der Waals surface area contributed by atoms with Crippen molar-refractivity contribution in [1.29, 1.82) is 0 Å². The number of nitrogens with two attached hydrogens (primary N) is 1. The summed E-state index contributed by atoms with van der Waals surface area (Å²) in [5.41, 5.74) is 5.29. The molecule has 0 saturated carbocycles. The zero-order valence-corrected chi connectivity index (χ0v) is 6.32. The molecule has 0 radical (unpaired) electrons. The fourth-order valence-electron chi connectivity index (χ4n) is 0.941. The van der Waals surface area contributed by atoms with Crippen LogP contribution in [0.1, 0.15) is 12.8 Å². The van der Waals surface area contributed by atoms with E-state index in [9.17, 15) is 9.59 Å². The number of amides is 1. The van der Waals surface area contributed by atoms with Crippen LogP contribution < -0.4 is 5.73 Å². The highest BCUT2D eigenvalue weighted by Crippen LogP contribution is 2.16. The van der Waals surface area contributed by atoms with Crippen LogP contribution in [0.4, 0.5) is 0 Å². The average molecular weight is 171 g/mol. The fourth-order valence-corrected chi connectivity index (χ4v) is 0.941. The lowest BCUT2D eigenvalue weighted by atomic mass is 10.1. The zero-order chi connectivity index (χ0) is 9.14. The predicted molar refractivity (Wildman–Crippen MR) is 39.0 cm³/mol. The highest BCUT2D eigenvalue weighted by atomic mass is 16.5. The molecule has 12 heavy (non-hydrogen) atoms. The topological polar surface area (TPSA) is 89.6 Å². The molecule has 0 aromatic rings. The van der Waals surface area contributed by atoms with Crippen LogP contribution in [0.5, 0.6) is 0 Å². The number of carboxylic acid groups (broad SMARTS) is 1. The van der Waals surface area contributed by atoms with Crippen molar-refractivity contribution in [1.82, 2.24) is 0 Å². The van der Waals surface area contributed by atoms with Gasteiger partial charge >= 0.3 is 5.97 Å². The minimum Gasteiger partial charge on any atom is -0.486 e.